The van der Waals surface area contributed by atoms with Crippen molar-refractivity contribution in [2.24, 2.45) is 0 Å². The lowest BCUT2D eigenvalue weighted by Gasteiger charge is -2.14. The predicted molar refractivity (Wildman–Crippen MR) is 84.5 cm³/mol. The topological polar surface area (TPSA) is 89.7 Å². The maximum absolute atomic E-state index is 14.4. The second kappa shape index (κ2) is 5.62. The van der Waals surface area contributed by atoms with Crippen LogP contribution in [0.1, 0.15) is 5.56 Å². The molecule has 24 heavy (non-hydrogen) atoms. The van der Waals surface area contributed by atoms with E-state index in [1.807, 2.05) is 0 Å². The summed E-state index contributed by atoms with van der Waals surface area (Å²) >= 11 is 0. The normalized spacial score (nSPS) is 13.4. The Kier molecular flexibility index (Phi) is 3.73. The zero-order chi connectivity index (χ0) is 17.5. The predicted octanol–water partition coefficient (Wildman–Crippen LogP) is 4.15. The third-order valence-corrected chi connectivity index (χ3v) is 4.57. The van der Waals surface area contributed by atoms with E-state index < -0.39 is 21.4 Å². The molecule has 0 aliphatic heterocycles. The maximum atomic E-state index is 14.4. The van der Waals surface area contributed by atoms with Gasteiger partial charge in [0.05, 0.1) is 15.3 Å². The van der Waals surface area contributed by atoms with Crippen molar-refractivity contribution >= 4 is 20.6 Å². The molecular formula is C16H11F2N3O2S. The van der Waals surface area contributed by atoms with Gasteiger partial charge in [-0.05, 0) is 18.2 Å². The second-order valence-corrected chi connectivity index (χ2v) is 7.25. The fourth-order valence-electron chi connectivity index (χ4n) is 2.38. The fourth-order valence-corrected chi connectivity index (χ4v) is 3.47. The van der Waals surface area contributed by atoms with Crippen LogP contribution >= 0.6 is 0 Å². The van der Waals surface area contributed by atoms with E-state index in [0.717, 1.165) is 24.5 Å². The molecule has 3 aromatic rings. The van der Waals surface area contributed by atoms with Crippen molar-refractivity contribution in [2.75, 3.05) is 6.26 Å². The minimum Gasteiger partial charge on any atom is -0.453 e. The molecule has 0 spiro atoms. The van der Waals surface area contributed by atoms with E-state index in [1.165, 1.54) is 12.3 Å². The van der Waals surface area contributed by atoms with Gasteiger partial charge in [-0.15, -0.1) is 0 Å². The molecule has 2 N–H and O–H groups in total. The Morgan fingerprint density at radius 3 is 2.67 bits per heavy atom. The van der Waals surface area contributed by atoms with Crippen LogP contribution in [0, 0.1) is 27.7 Å². The molecule has 1 atom stereocenters. The number of ether oxygens (including phenoxy) is 1. The molecule has 0 aliphatic carbocycles. The fraction of sp³-hybridized carbons (Fsp3) is 0.0625. The van der Waals surface area contributed by atoms with E-state index in [-0.39, 0.29) is 22.0 Å². The van der Waals surface area contributed by atoms with E-state index in [1.54, 1.807) is 12.1 Å². The molecule has 5 nitrogen and oxygen atoms in total. The molecule has 0 fully saturated rings. The first-order chi connectivity index (χ1) is 11.3. The molecule has 2 aromatic carbocycles. The number of halogens is 2. The lowest BCUT2D eigenvalue weighted by Crippen LogP contribution is -2.02. The van der Waals surface area contributed by atoms with Gasteiger partial charge in [-0.2, -0.15) is 5.26 Å². The maximum Gasteiger partial charge on any atom is 0.180 e. The van der Waals surface area contributed by atoms with Gasteiger partial charge in [-0.1, -0.05) is 0 Å². The molecular weight excluding hydrogens is 336 g/mol. The number of nitrogens with zero attached hydrogens (tertiary/aromatic N) is 1. The lowest BCUT2D eigenvalue weighted by atomic mass is 10.2. The highest BCUT2D eigenvalue weighted by Gasteiger charge is 2.22. The van der Waals surface area contributed by atoms with Crippen molar-refractivity contribution in [3.05, 3.63) is 53.7 Å². The number of fused-ring (bicyclic) bond motifs is 1. The number of nitrogens with one attached hydrogen (secondary N) is 2. The van der Waals surface area contributed by atoms with E-state index in [9.17, 15) is 13.0 Å². The van der Waals surface area contributed by atoms with Crippen LogP contribution in [0.15, 0.2) is 41.4 Å². The van der Waals surface area contributed by atoms with Crippen LogP contribution in [0.5, 0.6) is 11.5 Å². The number of H-pyrrole nitrogens is 1. The number of hydrogen-bond acceptors (Lipinski definition) is 4. The van der Waals surface area contributed by atoms with E-state index in [0.29, 0.717) is 10.9 Å². The van der Waals surface area contributed by atoms with Gasteiger partial charge in [0.25, 0.3) is 0 Å². The zero-order valence-electron chi connectivity index (χ0n) is 12.4. The molecule has 0 radical (unpaired) electrons. The summed E-state index contributed by atoms with van der Waals surface area (Å²) in [6, 6.07) is 7.74. The van der Waals surface area contributed by atoms with Crippen LogP contribution in [0.4, 0.5) is 8.78 Å². The Bertz CT molecular complexity index is 1100. The van der Waals surface area contributed by atoms with Crippen molar-refractivity contribution in [3.63, 3.8) is 0 Å². The van der Waals surface area contributed by atoms with Crippen molar-refractivity contribution in [1.29, 1.82) is 10.0 Å². The van der Waals surface area contributed by atoms with Gasteiger partial charge in [-0.25, -0.2) is 17.8 Å². The molecule has 0 saturated carbocycles. The molecule has 3 rings (SSSR count). The third kappa shape index (κ3) is 2.70. The second-order valence-electron chi connectivity index (χ2n) is 5.15. The molecule has 0 aliphatic rings. The van der Waals surface area contributed by atoms with Gasteiger partial charge in [0.2, 0.25) is 0 Å². The lowest BCUT2D eigenvalue weighted by molar-refractivity contribution is 0.430. The summed E-state index contributed by atoms with van der Waals surface area (Å²) in [5, 5.41) is 9.26. The van der Waals surface area contributed by atoms with Gasteiger partial charge in [0.1, 0.15) is 22.5 Å². The molecule has 8 heteroatoms. The average Bonchev–Trinajstić information content (AvgIpc) is 2.95. The number of nitriles is 1. The number of aromatic amines is 1. The molecule has 122 valence electrons. The Morgan fingerprint density at radius 1 is 1.25 bits per heavy atom. The Morgan fingerprint density at radius 2 is 2.00 bits per heavy atom. The molecule has 1 aromatic heterocycles. The van der Waals surface area contributed by atoms with Crippen LogP contribution in [0.25, 0.3) is 10.9 Å². The minimum absolute atomic E-state index is 0.00614. The van der Waals surface area contributed by atoms with Crippen LogP contribution in [-0.2, 0) is 9.73 Å². The molecule has 1 heterocycles. The number of benzene rings is 2. The summed E-state index contributed by atoms with van der Waals surface area (Å²) in [5.41, 5.74) is 0.119. The molecule has 1 unspecified atom stereocenters. The highest BCUT2D eigenvalue weighted by atomic mass is 32.2. The first-order valence-corrected chi connectivity index (χ1v) is 8.69. The first-order valence-electron chi connectivity index (χ1n) is 6.72. The summed E-state index contributed by atoms with van der Waals surface area (Å²) in [4.78, 5) is 2.70. The summed E-state index contributed by atoms with van der Waals surface area (Å²) in [6.07, 6.45) is 2.70. The van der Waals surface area contributed by atoms with E-state index in [2.05, 4.69) is 4.98 Å². The van der Waals surface area contributed by atoms with Gasteiger partial charge in [0.15, 0.2) is 11.6 Å². The SMILES string of the molecule is CS(=N)(=O)c1c(Oc2ccc(F)c(C#N)c2)c(F)cc2[nH]ccc12. The Labute approximate surface area is 136 Å². The minimum atomic E-state index is -3.32. The van der Waals surface area contributed by atoms with Gasteiger partial charge >= 0.3 is 0 Å². The van der Waals surface area contributed by atoms with Crippen molar-refractivity contribution < 1.29 is 17.7 Å². The summed E-state index contributed by atoms with van der Waals surface area (Å²) in [6.45, 7) is 0. The molecule has 0 amide bonds. The monoisotopic (exact) mass is 347 g/mol. The summed E-state index contributed by atoms with van der Waals surface area (Å²) in [7, 11) is -3.32. The van der Waals surface area contributed by atoms with Crippen molar-refractivity contribution in [3.8, 4) is 17.6 Å². The zero-order valence-corrected chi connectivity index (χ0v) is 13.2. The smallest absolute Gasteiger partial charge is 0.180 e. The molecule has 0 saturated heterocycles. The van der Waals surface area contributed by atoms with Gasteiger partial charge < -0.3 is 9.72 Å². The Balaban J connectivity index is 2.23. The third-order valence-electron chi connectivity index (χ3n) is 3.39. The standard InChI is InChI=1S/C16H11F2N3O2S/c1-24(20,22)16-11-4-5-21-14(11)7-13(18)15(16)23-10-2-3-12(17)9(6-10)8-19/h2-7,20-21H,1H3. The van der Waals surface area contributed by atoms with Crippen molar-refractivity contribution in [2.45, 2.75) is 4.90 Å². The number of hydrogen-bond donors (Lipinski definition) is 2. The van der Waals surface area contributed by atoms with E-state index in [4.69, 9.17) is 14.8 Å². The number of rotatable bonds is 3. The molecule has 0 bridgehead atoms. The van der Waals surface area contributed by atoms with Crippen LogP contribution in [0.2, 0.25) is 0 Å². The van der Waals surface area contributed by atoms with Crippen LogP contribution in [0.3, 0.4) is 0 Å². The van der Waals surface area contributed by atoms with Gasteiger partial charge in [-0.3, -0.25) is 0 Å². The largest absolute Gasteiger partial charge is 0.453 e. The van der Waals surface area contributed by atoms with Crippen LogP contribution in [-0.4, -0.2) is 15.4 Å². The highest BCUT2D eigenvalue weighted by Crippen LogP contribution is 2.37. The highest BCUT2D eigenvalue weighted by molar-refractivity contribution is 7.92. The Hall–Kier alpha value is -2.92. The summed E-state index contributed by atoms with van der Waals surface area (Å²) < 4.78 is 53.5. The van der Waals surface area contributed by atoms with Crippen LogP contribution < -0.4 is 4.74 Å². The number of aromatic nitrogens is 1. The first kappa shape index (κ1) is 16.0. The average molecular weight is 347 g/mol. The summed E-state index contributed by atoms with van der Waals surface area (Å²) in [5.74, 6) is -1.91. The van der Waals surface area contributed by atoms with Crippen molar-refractivity contribution in [1.82, 2.24) is 4.98 Å². The van der Waals surface area contributed by atoms with Gasteiger partial charge in [0, 0.05) is 35.5 Å². The van der Waals surface area contributed by atoms with E-state index >= 15 is 0 Å². The quantitative estimate of drug-likeness (QED) is 0.746.